The lowest BCUT2D eigenvalue weighted by Crippen LogP contribution is -2.44. The number of nitrogens with zero attached hydrogens (tertiary/aromatic N) is 2. The number of hydrogen-bond donors (Lipinski definition) is 1. The summed E-state index contributed by atoms with van der Waals surface area (Å²) in [7, 11) is 0. The third kappa shape index (κ3) is 4.06. The third-order valence-electron chi connectivity index (χ3n) is 6.79. The van der Waals surface area contributed by atoms with Crippen molar-refractivity contribution < 1.29 is 32.6 Å². The quantitative estimate of drug-likeness (QED) is 0.672. The fourth-order valence-electron chi connectivity index (χ4n) is 4.87. The lowest BCUT2D eigenvalue weighted by atomic mass is 9.92. The Bertz CT molecular complexity index is 1210. The maximum atomic E-state index is 13.8. The number of rotatable bonds is 4. The average molecular weight is 485 g/mol. The fraction of sp³-hybridized carbons (Fsp3) is 0.400. The van der Waals surface area contributed by atoms with Gasteiger partial charge in [-0.3, -0.25) is 14.5 Å². The number of carbonyl (C=O) groups excluding carboxylic acids is 3. The van der Waals surface area contributed by atoms with E-state index in [2.05, 4.69) is 5.32 Å². The summed E-state index contributed by atoms with van der Waals surface area (Å²) < 4.78 is 38.6. The minimum absolute atomic E-state index is 0.0935. The molecule has 2 aromatic rings. The molecule has 0 bridgehead atoms. The third-order valence-corrected chi connectivity index (χ3v) is 6.79. The summed E-state index contributed by atoms with van der Waals surface area (Å²) in [6, 6.07) is 7.64. The normalized spacial score (nSPS) is 23.9. The molecule has 0 saturated carbocycles. The van der Waals surface area contributed by atoms with E-state index in [1.54, 1.807) is 4.90 Å². The van der Waals surface area contributed by atoms with Gasteiger partial charge in [-0.25, -0.2) is 13.6 Å². The molecule has 3 aliphatic heterocycles. The van der Waals surface area contributed by atoms with Crippen molar-refractivity contribution in [1.82, 2.24) is 15.1 Å². The summed E-state index contributed by atoms with van der Waals surface area (Å²) in [5, 5.41) is 2.52. The molecule has 2 aromatic carbocycles. The summed E-state index contributed by atoms with van der Waals surface area (Å²) in [6.07, 6.45) is 2.29. The first kappa shape index (κ1) is 23.1. The second kappa shape index (κ2) is 8.83. The summed E-state index contributed by atoms with van der Waals surface area (Å²) in [6.45, 7) is 2.57. The van der Waals surface area contributed by atoms with Crippen LogP contribution in [0.2, 0.25) is 0 Å². The predicted octanol–water partition coefficient (Wildman–Crippen LogP) is 3.26. The molecule has 2 fully saturated rings. The van der Waals surface area contributed by atoms with Crippen molar-refractivity contribution in [2.45, 2.75) is 37.8 Å². The Morgan fingerprint density at radius 2 is 1.83 bits per heavy atom. The highest BCUT2D eigenvalue weighted by molar-refractivity contribution is 6.09. The molecule has 35 heavy (non-hydrogen) atoms. The topological polar surface area (TPSA) is 88.2 Å². The first-order valence-electron chi connectivity index (χ1n) is 11.6. The van der Waals surface area contributed by atoms with Gasteiger partial charge in [-0.2, -0.15) is 0 Å². The summed E-state index contributed by atoms with van der Waals surface area (Å²) in [5.41, 5.74) is -0.621. The van der Waals surface area contributed by atoms with E-state index in [0.29, 0.717) is 31.3 Å². The van der Waals surface area contributed by atoms with Crippen molar-refractivity contribution in [3.8, 4) is 11.5 Å². The van der Waals surface area contributed by atoms with Crippen molar-refractivity contribution in [3.05, 3.63) is 59.2 Å². The Labute approximate surface area is 200 Å². The molecule has 2 atom stereocenters. The second-order valence-electron chi connectivity index (χ2n) is 9.08. The lowest BCUT2D eigenvalue weighted by Gasteiger charge is -2.27. The molecular weight excluding hydrogens is 460 g/mol. The van der Waals surface area contributed by atoms with Crippen LogP contribution in [0.25, 0.3) is 0 Å². The molecule has 0 spiro atoms. The molecule has 0 aliphatic carbocycles. The van der Waals surface area contributed by atoms with E-state index in [9.17, 15) is 23.2 Å². The number of benzene rings is 2. The van der Waals surface area contributed by atoms with Crippen LogP contribution in [0.5, 0.6) is 11.5 Å². The maximum Gasteiger partial charge on any atom is 0.325 e. The van der Waals surface area contributed by atoms with E-state index in [4.69, 9.17) is 9.47 Å². The van der Waals surface area contributed by atoms with Crippen molar-refractivity contribution >= 4 is 17.8 Å². The van der Waals surface area contributed by atoms with E-state index in [0.717, 1.165) is 41.9 Å². The minimum Gasteiger partial charge on any atom is -0.490 e. The van der Waals surface area contributed by atoms with E-state index in [1.807, 2.05) is 18.2 Å². The molecule has 0 aromatic heterocycles. The van der Waals surface area contributed by atoms with Gasteiger partial charge in [0, 0.05) is 13.0 Å². The zero-order valence-corrected chi connectivity index (χ0v) is 19.2. The zero-order valence-electron chi connectivity index (χ0n) is 19.2. The Morgan fingerprint density at radius 3 is 2.60 bits per heavy atom. The van der Waals surface area contributed by atoms with E-state index in [-0.39, 0.29) is 17.5 Å². The molecule has 3 heterocycles. The van der Waals surface area contributed by atoms with Crippen LogP contribution in [0.4, 0.5) is 13.6 Å². The number of amides is 4. The number of fused-ring (bicyclic) bond motifs is 1. The lowest BCUT2D eigenvalue weighted by molar-refractivity contribution is -0.139. The van der Waals surface area contributed by atoms with E-state index < -0.39 is 35.7 Å². The van der Waals surface area contributed by atoms with Crippen LogP contribution in [0.3, 0.4) is 0 Å². The van der Waals surface area contributed by atoms with Crippen LogP contribution in [-0.2, 0) is 15.1 Å². The molecule has 0 unspecified atom stereocenters. The number of hydrogen-bond acceptors (Lipinski definition) is 5. The van der Waals surface area contributed by atoms with Crippen LogP contribution < -0.4 is 14.8 Å². The van der Waals surface area contributed by atoms with Gasteiger partial charge < -0.3 is 19.7 Å². The number of halogens is 2. The largest absolute Gasteiger partial charge is 0.490 e. The number of likely N-dealkylation sites (tertiary alicyclic amines) is 1. The predicted molar refractivity (Wildman–Crippen MR) is 120 cm³/mol. The highest BCUT2D eigenvalue weighted by atomic mass is 19.2. The summed E-state index contributed by atoms with van der Waals surface area (Å²) >= 11 is 0. The van der Waals surface area contributed by atoms with Crippen molar-refractivity contribution in [2.75, 3.05) is 26.3 Å². The molecule has 8 nitrogen and oxygen atoms in total. The van der Waals surface area contributed by atoms with Gasteiger partial charge in [-0.15, -0.1) is 0 Å². The molecule has 4 amide bonds. The van der Waals surface area contributed by atoms with Crippen molar-refractivity contribution in [3.63, 3.8) is 0 Å². The average Bonchev–Trinajstić information content (AvgIpc) is 3.31. The number of urea groups is 1. The summed E-state index contributed by atoms with van der Waals surface area (Å²) in [5.74, 6) is -1.97. The minimum atomic E-state index is -1.61. The Kier molecular flexibility index (Phi) is 5.82. The molecular formula is C25H25F2N3O5. The molecule has 0 radical (unpaired) electrons. The van der Waals surface area contributed by atoms with Gasteiger partial charge in [0.25, 0.3) is 5.91 Å². The summed E-state index contributed by atoms with van der Waals surface area (Å²) in [4.78, 5) is 41.5. The van der Waals surface area contributed by atoms with Gasteiger partial charge in [0.05, 0.1) is 19.3 Å². The monoisotopic (exact) mass is 485 g/mol. The van der Waals surface area contributed by atoms with E-state index >= 15 is 0 Å². The highest BCUT2D eigenvalue weighted by Crippen LogP contribution is 2.38. The van der Waals surface area contributed by atoms with Crippen LogP contribution in [0, 0.1) is 11.6 Å². The molecule has 1 N–H and O–H groups in total. The van der Waals surface area contributed by atoms with Crippen LogP contribution in [0.15, 0.2) is 36.4 Å². The zero-order chi connectivity index (χ0) is 24.7. The number of nitrogens with one attached hydrogen (secondary N) is 1. The van der Waals surface area contributed by atoms with Gasteiger partial charge in [-0.1, -0.05) is 12.1 Å². The molecule has 5 rings (SSSR count). The van der Waals surface area contributed by atoms with Crippen molar-refractivity contribution in [1.29, 1.82) is 0 Å². The molecule has 10 heteroatoms. The Hall–Kier alpha value is -3.69. The number of carbonyl (C=O) groups is 3. The number of imide groups is 1. The Balaban J connectivity index is 1.33. The van der Waals surface area contributed by atoms with Gasteiger partial charge >= 0.3 is 6.03 Å². The van der Waals surface area contributed by atoms with Gasteiger partial charge in [0.15, 0.2) is 23.1 Å². The van der Waals surface area contributed by atoms with E-state index in [1.165, 1.54) is 13.0 Å². The van der Waals surface area contributed by atoms with Gasteiger partial charge in [-0.05, 0) is 55.2 Å². The first-order valence-corrected chi connectivity index (χ1v) is 11.6. The van der Waals surface area contributed by atoms with Crippen LogP contribution in [0.1, 0.15) is 43.4 Å². The van der Waals surface area contributed by atoms with Crippen LogP contribution >= 0.6 is 0 Å². The Morgan fingerprint density at radius 1 is 1.06 bits per heavy atom. The second-order valence-corrected chi connectivity index (χ2v) is 9.08. The standard InChI is InChI=1S/C25H25F2N3O5/c1-25(16-6-7-17(26)18(27)13-16)23(32)30(24(33)28-25)14-22(31)29-9-2-4-19(29)15-5-8-20-21(12-15)35-11-3-10-34-20/h5-8,12-13,19H,2-4,9-11,14H2,1H3,(H,28,33)/t19-,25-/m0/s1. The van der Waals surface area contributed by atoms with Gasteiger partial charge in [0.2, 0.25) is 5.91 Å². The van der Waals surface area contributed by atoms with Crippen LogP contribution in [-0.4, -0.2) is 53.9 Å². The highest BCUT2D eigenvalue weighted by Gasteiger charge is 2.50. The maximum absolute atomic E-state index is 13.8. The molecule has 2 saturated heterocycles. The van der Waals surface area contributed by atoms with Crippen molar-refractivity contribution in [2.24, 2.45) is 0 Å². The SMILES string of the molecule is C[C@@]1(c2ccc(F)c(F)c2)NC(=O)N(CC(=O)N2CCC[C@H]2c2ccc3c(c2)OCCCO3)C1=O. The molecule has 3 aliphatic rings. The fourth-order valence-corrected chi connectivity index (χ4v) is 4.87. The first-order chi connectivity index (χ1) is 16.8. The number of ether oxygens (including phenoxy) is 2. The van der Waals surface area contributed by atoms with Gasteiger partial charge in [0.1, 0.15) is 12.1 Å². The molecule has 184 valence electrons. The smallest absolute Gasteiger partial charge is 0.325 e.